The van der Waals surface area contributed by atoms with Crippen molar-refractivity contribution in [1.82, 2.24) is 10.2 Å². The highest BCUT2D eigenvalue weighted by Crippen LogP contribution is 2.26. The summed E-state index contributed by atoms with van der Waals surface area (Å²) in [6.45, 7) is 7.32. The van der Waals surface area contributed by atoms with Crippen molar-refractivity contribution in [3.8, 4) is 0 Å². The Morgan fingerprint density at radius 2 is 2.09 bits per heavy atom. The quantitative estimate of drug-likeness (QED) is 0.670. The predicted octanol–water partition coefficient (Wildman–Crippen LogP) is 0.753. The molecule has 2 aliphatic rings. The second-order valence-corrected chi connectivity index (χ2v) is 3.07. The van der Waals surface area contributed by atoms with Crippen LogP contribution >= 0.6 is 24.8 Å². The van der Waals surface area contributed by atoms with Crippen LogP contribution in [0.15, 0.2) is 0 Å². The van der Waals surface area contributed by atoms with Crippen molar-refractivity contribution in [2.24, 2.45) is 5.92 Å². The molecule has 2 unspecified atom stereocenters. The van der Waals surface area contributed by atoms with Crippen molar-refractivity contribution in [2.75, 3.05) is 26.2 Å². The van der Waals surface area contributed by atoms with Crippen LogP contribution in [0.25, 0.3) is 0 Å². The molecule has 2 saturated heterocycles. The minimum Gasteiger partial charge on any atom is -0.315 e. The number of fused-ring (bicyclic) bond motifs is 1. The number of likely N-dealkylation sites (tertiary alicyclic amines) is 1. The summed E-state index contributed by atoms with van der Waals surface area (Å²) in [6, 6.07) is 0.898. The standard InChI is InChI=1S/C7H14N2.2ClH/c1-2-9-5-6-3-8-4-7(6)9;;/h6-8H,2-5H2,1H3;2*1H. The summed E-state index contributed by atoms with van der Waals surface area (Å²) in [7, 11) is 0. The fourth-order valence-corrected chi connectivity index (χ4v) is 2.00. The third-order valence-electron chi connectivity index (χ3n) is 2.65. The molecule has 1 N–H and O–H groups in total. The molecule has 0 spiro atoms. The normalized spacial score (nSPS) is 34.6. The first-order valence-electron chi connectivity index (χ1n) is 3.86. The number of likely N-dealkylation sites (N-methyl/N-ethyl adjacent to an activating group) is 1. The number of nitrogens with zero attached hydrogens (tertiary/aromatic N) is 1. The van der Waals surface area contributed by atoms with Gasteiger partial charge in [-0.25, -0.2) is 0 Å². The lowest BCUT2D eigenvalue weighted by Gasteiger charge is -2.43. The fraction of sp³-hybridized carbons (Fsp3) is 1.00. The largest absolute Gasteiger partial charge is 0.315 e. The van der Waals surface area contributed by atoms with E-state index >= 15 is 0 Å². The SMILES string of the molecule is CCN1CC2CNCC21.Cl.Cl. The molecule has 2 aliphatic heterocycles. The Bertz CT molecular complexity index is 121. The number of hydrogen-bond acceptors (Lipinski definition) is 2. The molecule has 0 amide bonds. The van der Waals surface area contributed by atoms with Crippen molar-refractivity contribution in [2.45, 2.75) is 13.0 Å². The van der Waals surface area contributed by atoms with Crippen LogP contribution in [0.3, 0.4) is 0 Å². The first-order chi connectivity index (χ1) is 4.42. The van der Waals surface area contributed by atoms with E-state index in [2.05, 4.69) is 17.1 Å². The maximum absolute atomic E-state index is 3.41. The minimum atomic E-state index is 0. The zero-order valence-electron chi connectivity index (χ0n) is 6.75. The maximum Gasteiger partial charge on any atom is 0.0273 e. The van der Waals surface area contributed by atoms with Crippen LogP contribution in [0.2, 0.25) is 0 Å². The molecule has 2 rings (SSSR count). The van der Waals surface area contributed by atoms with Crippen molar-refractivity contribution >= 4 is 24.8 Å². The van der Waals surface area contributed by atoms with Gasteiger partial charge in [-0.05, 0) is 6.54 Å². The Labute approximate surface area is 80.5 Å². The smallest absolute Gasteiger partial charge is 0.0273 e. The zero-order valence-corrected chi connectivity index (χ0v) is 8.38. The van der Waals surface area contributed by atoms with Gasteiger partial charge < -0.3 is 5.32 Å². The molecule has 2 fully saturated rings. The minimum absolute atomic E-state index is 0. The van der Waals surface area contributed by atoms with Gasteiger partial charge in [-0.15, -0.1) is 24.8 Å². The first kappa shape index (κ1) is 11.5. The van der Waals surface area contributed by atoms with Gasteiger partial charge in [0.05, 0.1) is 0 Å². The fourth-order valence-electron chi connectivity index (χ4n) is 2.00. The molecule has 4 heteroatoms. The first-order valence-corrected chi connectivity index (χ1v) is 3.86. The van der Waals surface area contributed by atoms with Crippen LogP contribution in [-0.4, -0.2) is 37.1 Å². The van der Waals surface area contributed by atoms with E-state index in [-0.39, 0.29) is 24.8 Å². The van der Waals surface area contributed by atoms with E-state index in [1.807, 2.05) is 0 Å². The van der Waals surface area contributed by atoms with Crippen molar-refractivity contribution in [3.05, 3.63) is 0 Å². The molecule has 2 heterocycles. The van der Waals surface area contributed by atoms with Crippen LogP contribution in [0, 0.1) is 5.92 Å². The predicted molar refractivity (Wildman–Crippen MR) is 51.9 cm³/mol. The van der Waals surface area contributed by atoms with Crippen molar-refractivity contribution in [1.29, 1.82) is 0 Å². The summed E-state index contributed by atoms with van der Waals surface area (Å²) in [5.74, 6) is 0.991. The molecule has 0 radical (unpaired) electrons. The Morgan fingerprint density at radius 3 is 2.64 bits per heavy atom. The van der Waals surface area contributed by atoms with E-state index in [0.717, 1.165) is 12.0 Å². The van der Waals surface area contributed by atoms with E-state index < -0.39 is 0 Å². The van der Waals surface area contributed by atoms with Gasteiger partial charge >= 0.3 is 0 Å². The molecule has 2 nitrogen and oxygen atoms in total. The lowest BCUT2D eigenvalue weighted by molar-refractivity contribution is 0.0580. The summed E-state index contributed by atoms with van der Waals surface area (Å²) >= 11 is 0. The van der Waals surface area contributed by atoms with Crippen LogP contribution in [0.4, 0.5) is 0 Å². The number of hydrogen-bond donors (Lipinski definition) is 1. The van der Waals surface area contributed by atoms with E-state index in [9.17, 15) is 0 Å². The Morgan fingerprint density at radius 1 is 1.36 bits per heavy atom. The lowest BCUT2D eigenvalue weighted by atomic mass is 9.92. The van der Waals surface area contributed by atoms with Crippen LogP contribution in [0.1, 0.15) is 6.92 Å². The molecule has 2 atom stereocenters. The number of nitrogens with one attached hydrogen (secondary N) is 1. The molecule has 0 saturated carbocycles. The van der Waals surface area contributed by atoms with Crippen LogP contribution < -0.4 is 5.32 Å². The molecule has 0 aromatic heterocycles. The highest BCUT2D eigenvalue weighted by Gasteiger charge is 2.40. The van der Waals surface area contributed by atoms with Crippen LogP contribution in [0.5, 0.6) is 0 Å². The van der Waals surface area contributed by atoms with Gasteiger partial charge in [0, 0.05) is 31.6 Å². The topological polar surface area (TPSA) is 15.3 Å². The summed E-state index contributed by atoms with van der Waals surface area (Å²) in [5.41, 5.74) is 0. The average Bonchev–Trinajstić information content (AvgIpc) is 2.14. The summed E-state index contributed by atoms with van der Waals surface area (Å²) in [5, 5.41) is 3.41. The lowest BCUT2D eigenvalue weighted by Crippen LogP contribution is -2.55. The summed E-state index contributed by atoms with van der Waals surface area (Å²) < 4.78 is 0. The number of halogens is 2. The van der Waals surface area contributed by atoms with Crippen molar-refractivity contribution < 1.29 is 0 Å². The van der Waals surface area contributed by atoms with Gasteiger partial charge in [-0.3, -0.25) is 4.90 Å². The monoisotopic (exact) mass is 198 g/mol. The Balaban J connectivity index is 0.000000500. The van der Waals surface area contributed by atoms with Gasteiger partial charge in [-0.2, -0.15) is 0 Å². The Hall–Kier alpha value is 0.500. The van der Waals surface area contributed by atoms with Gasteiger partial charge in [0.25, 0.3) is 0 Å². The maximum atomic E-state index is 3.41. The molecular weight excluding hydrogens is 183 g/mol. The van der Waals surface area contributed by atoms with Gasteiger partial charge in [0.1, 0.15) is 0 Å². The Kier molecular flexibility index (Phi) is 4.71. The number of rotatable bonds is 1. The highest BCUT2D eigenvalue weighted by molar-refractivity contribution is 5.85. The van der Waals surface area contributed by atoms with Crippen LogP contribution in [-0.2, 0) is 0 Å². The van der Waals surface area contributed by atoms with E-state index in [1.165, 1.54) is 26.2 Å². The average molecular weight is 199 g/mol. The van der Waals surface area contributed by atoms with E-state index in [4.69, 9.17) is 0 Å². The molecule has 0 aromatic carbocycles. The molecule has 68 valence electrons. The van der Waals surface area contributed by atoms with Gasteiger partial charge in [-0.1, -0.05) is 6.92 Å². The molecule has 11 heavy (non-hydrogen) atoms. The summed E-state index contributed by atoms with van der Waals surface area (Å²) in [6.07, 6.45) is 0. The molecule has 0 bridgehead atoms. The van der Waals surface area contributed by atoms with Crippen molar-refractivity contribution in [3.63, 3.8) is 0 Å². The third-order valence-corrected chi connectivity index (χ3v) is 2.65. The summed E-state index contributed by atoms with van der Waals surface area (Å²) in [4.78, 5) is 2.55. The molecule has 0 aliphatic carbocycles. The van der Waals surface area contributed by atoms with Gasteiger partial charge in [0.2, 0.25) is 0 Å². The second kappa shape index (κ2) is 4.51. The van der Waals surface area contributed by atoms with E-state index in [1.54, 1.807) is 0 Å². The zero-order chi connectivity index (χ0) is 6.27. The van der Waals surface area contributed by atoms with E-state index in [0.29, 0.717) is 0 Å². The highest BCUT2D eigenvalue weighted by atomic mass is 35.5. The third kappa shape index (κ3) is 1.81. The van der Waals surface area contributed by atoms with Gasteiger partial charge in [0.15, 0.2) is 0 Å². The second-order valence-electron chi connectivity index (χ2n) is 3.07. The molecule has 0 aromatic rings. The molecular formula is C7H16Cl2N2.